The van der Waals surface area contributed by atoms with Crippen molar-refractivity contribution in [1.82, 2.24) is 4.72 Å². The quantitative estimate of drug-likeness (QED) is 0.314. The van der Waals surface area contributed by atoms with E-state index in [1.807, 2.05) is 35.2 Å². The maximum Gasteiger partial charge on any atom is 0.264 e. The summed E-state index contributed by atoms with van der Waals surface area (Å²) in [4.78, 5) is 31.2. The summed E-state index contributed by atoms with van der Waals surface area (Å²) >= 11 is 6.46. The van der Waals surface area contributed by atoms with Crippen LogP contribution in [-0.2, 0) is 26.7 Å². The highest BCUT2D eigenvalue weighted by atomic mass is 35.5. The number of nitrogens with one attached hydrogen (secondary N) is 1. The zero-order valence-corrected chi connectivity index (χ0v) is 30.4. The molecule has 1 fully saturated rings. The van der Waals surface area contributed by atoms with E-state index < -0.39 is 15.9 Å². The molecule has 2 heterocycles. The van der Waals surface area contributed by atoms with E-state index in [0.717, 1.165) is 73.6 Å². The molecule has 3 aromatic carbocycles. The Morgan fingerprint density at radius 3 is 2.58 bits per heavy atom. The minimum atomic E-state index is -3.84. The van der Waals surface area contributed by atoms with E-state index in [-0.39, 0.29) is 34.6 Å². The Labute approximate surface area is 300 Å². The van der Waals surface area contributed by atoms with E-state index in [4.69, 9.17) is 21.1 Å². The van der Waals surface area contributed by atoms with Crippen molar-refractivity contribution in [3.8, 4) is 11.5 Å². The third kappa shape index (κ3) is 6.93. The lowest BCUT2D eigenvalue weighted by Gasteiger charge is -2.49. The van der Waals surface area contributed by atoms with Gasteiger partial charge in [0.2, 0.25) is 15.9 Å². The van der Waals surface area contributed by atoms with Gasteiger partial charge in [0.05, 0.1) is 25.2 Å². The molecule has 50 heavy (non-hydrogen) atoms. The Morgan fingerprint density at radius 1 is 1.02 bits per heavy atom. The molecule has 4 aliphatic rings. The van der Waals surface area contributed by atoms with Crippen molar-refractivity contribution in [2.45, 2.75) is 76.2 Å². The molecule has 1 spiro atoms. The molecule has 0 aromatic heterocycles. The summed E-state index contributed by atoms with van der Waals surface area (Å²) in [5.41, 5.74) is 4.12. The number of rotatable bonds is 3. The van der Waals surface area contributed by atoms with Crippen LogP contribution in [-0.4, -0.2) is 58.8 Å². The van der Waals surface area contributed by atoms with Crippen LogP contribution in [0.2, 0.25) is 5.02 Å². The average molecular weight is 720 g/mol. The number of carbonyl (C=O) groups excluding carboxylic acids is 2. The number of fused-ring (bicyclic) bond motifs is 4. The standard InChI is InChI=1S/C39H46ClN3O6S/c1-26(44)43(31-12-14-32(48-2)15-13-31)35-8-4-3-5-20-50(46,47)41-38(45)28-10-18-37-36(22-28)42(23-29-9-16-33(29)35)24-39(25-49-37)19-6-7-27-21-30(40)11-17-34(27)39/h10-15,17-18,21-22,29,33,35H,3-9,16,19-20,23-25H2,1-2H3,(H,41,45)/t29-,33+,35-,39-/m0/s1. The van der Waals surface area contributed by atoms with Crippen molar-refractivity contribution >= 4 is 44.8 Å². The maximum absolute atomic E-state index is 13.5. The van der Waals surface area contributed by atoms with Crippen LogP contribution in [0.5, 0.6) is 11.5 Å². The van der Waals surface area contributed by atoms with Crippen LogP contribution < -0.4 is 24.0 Å². The fraction of sp³-hybridized carbons (Fsp3) is 0.487. The molecular formula is C39H46ClN3O6S. The highest BCUT2D eigenvalue weighted by Gasteiger charge is 2.46. The Kier molecular flexibility index (Phi) is 9.78. The van der Waals surface area contributed by atoms with Gasteiger partial charge in [-0.25, -0.2) is 13.1 Å². The smallest absolute Gasteiger partial charge is 0.264 e. The number of nitrogens with zero attached hydrogens (tertiary/aromatic N) is 2. The van der Waals surface area contributed by atoms with Crippen molar-refractivity contribution in [3.63, 3.8) is 0 Å². The van der Waals surface area contributed by atoms with E-state index in [1.54, 1.807) is 32.2 Å². The minimum absolute atomic E-state index is 0.0138. The molecule has 2 aliphatic carbocycles. The van der Waals surface area contributed by atoms with Crippen LogP contribution in [0.3, 0.4) is 0 Å². The molecule has 2 amide bonds. The second kappa shape index (κ2) is 14.1. The van der Waals surface area contributed by atoms with Crippen molar-refractivity contribution in [2.75, 3.05) is 42.4 Å². The summed E-state index contributed by atoms with van der Waals surface area (Å²) in [5.74, 6) is 1.16. The number of anilines is 2. The molecule has 0 unspecified atom stereocenters. The first-order valence-electron chi connectivity index (χ1n) is 17.9. The van der Waals surface area contributed by atoms with Gasteiger partial charge in [0, 0.05) is 47.7 Å². The van der Waals surface area contributed by atoms with Gasteiger partial charge in [0.15, 0.2) is 0 Å². The average Bonchev–Trinajstić information content (AvgIpc) is 3.22. The van der Waals surface area contributed by atoms with Gasteiger partial charge in [-0.15, -0.1) is 0 Å². The first-order chi connectivity index (χ1) is 24.1. The van der Waals surface area contributed by atoms with E-state index in [0.29, 0.717) is 37.7 Å². The lowest BCUT2D eigenvalue weighted by Crippen LogP contribution is -2.53. The van der Waals surface area contributed by atoms with Crippen LogP contribution in [0, 0.1) is 11.8 Å². The third-order valence-electron chi connectivity index (χ3n) is 11.4. The van der Waals surface area contributed by atoms with Crippen molar-refractivity contribution in [1.29, 1.82) is 0 Å². The topological polar surface area (TPSA) is 105 Å². The fourth-order valence-electron chi connectivity index (χ4n) is 8.82. The summed E-state index contributed by atoms with van der Waals surface area (Å²) in [6, 6.07) is 19.1. The Bertz CT molecular complexity index is 1870. The molecule has 0 radical (unpaired) electrons. The number of hydrogen-bond acceptors (Lipinski definition) is 7. The maximum atomic E-state index is 13.5. The van der Waals surface area contributed by atoms with Gasteiger partial charge in [-0.2, -0.15) is 0 Å². The van der Waals surface area contributed by atoms with Crippen LogP contribution in [0.15, 0.2) is 60.7 Å². The number of amides is 2. The largest absolute Gasteiger partial charge is 0.497 e. The summed E-state index contributed by atoms with van der Waals surface area (Å²) in [6.45, 7) is 3.52. The Morgan fingerprint density at radius 2 is 1.84 bits per heavy atom. The van der Waals surface area contributed by atoms with Crippen LogP contribution in [0.1, 0.15) is 79.8 Å². The number of benzene rings is 3. The number of methoxy groups -OCH3 is 1. The first kappa shape index (κ1) is 34.7. The third-order valence-corrected chi connectivity index (χ3v) is 13.0. The monoisotopic (exact) mass is 719 g/mol. The summed E-state index contributed by atoms with van der Waals surface area (Å²) < 4.78 is 40.4. The fourth-order valence-corrected chi connectivity index (χ4v) is 10.1. The lowest BCUT2D eigenvalue weighted by atomic mass is 9.67. The van der Waals surface area contributed by atoms with E-state index in [9.17, 15) is 18.0 Å². The Balaban J connectivity index is 1.30. The number of carbonyl (C=O) groups is 2. The number of hydrogen-bond donors (Lipinski definition) is 1. The second-order valence-corrected chi connectivity index (χ2v) is 16.8. The predicted octanol–water partition coefficient (Wildman–Crippen LogP) is 6.90. The molecule has 9 nitrogen and oxygen atoms in total. The highest BCUT2D eigenvalue weighted by Crippen LogP contribution is 2.48. The van der Waals surface area contributed by atoms with Crippen LogP contribution in [0.4, 0.5) is 11.4 Å². The molecule has 266 valence electrons. The number of sulfonamides is 1. The summed E-state index contributed by atoms with van der Waals surface area (Å²) in [6.07, 6.45) is 7.55. The van der Waals surface area contributed by atoms with Crippen LogP contribution in [0.25, 0.3) is 0 Å². The van der Waals surface area contributed by atoms with E-state index >= 15 is 0 Å². The molecular weight excluding hydrogens is 674 g/mol. The zero-order chi connectivity index (χ0) is 35.0. The van der Waals surface area contributed by atoms with Crippen LogP contribution >= 0.6 is 11.6 Å². The summed E-state index contributed by atoms with van der Waals surface area (Å²) in [5, 5.41) is 0.726. The molecule has 3 aromatic rings. The van der Waals surface area contributed by atoms with E-state index in [1.165, 1.54) is 11.1 Å². The second-order valence-electron chi connectivity index (χ2n) is 14.5. The number of aryl methyl sites for hydroxylation is 1. The minimum Gasteiger partial charge on any atom is -0.497 e. The zero-order valence-electron chi connectivity index (χ0n) is 28.8. The Hall–Kier alpha value is -3.76. The molecule has 2 bridgehead atoms. The molecule has 2 aliphatic heterocycles. The normalized spacial score (nSPS) is 26.3. The van der Waals surface area contributed by atoms with Gasteiger partial charge < -0.3 is 19.3 Å². The molecule has 0 saturated heterocycles. The highest BCUT2D eigenvalue weighted by molar-refractivity contribution is 7.90. The SMILES string of the molecule is COc1ccc(N(C(C)=O)[C@H]2CCCCCS(=O)(=O)NC(=O)c3ccc4c(c3)N(C[C@@H]3CC[C@H]32)C[C@@]2(CCCc3cc(Cl)ccc32)CO4)cc1. The first-order valence-corrected chi connectivity index (χ1v) is 19.9. The number of ether oxygens (including phenoxy) is 2. The van der Waals surface area contributed by atoms with Gasteiger partial charge in [-0.05, 0) is 123 Å². The van der Waals surface area contributed by atoms with Crippen molar-refractivity contribution in [2.24, 2.45) is 11.8 Å². The van der Waals surface area contributed by atoms with Crippen molar-refractivity contribution in [3.05, 3.63) is 82.4 Å². The van der Waals surface area contributed by atoms with E-state index in [2.05, 4.69) is 21.8 Å². The predicted molar refractivity (Wildman–Crippen MR) is 196 cm³/mol. The molecule has 1 N–H and O–H groups in total. The van der Waals surface area contributed by atoms with Gasteiger partial charge in [-0.3, -0.25) is 9.59 Å². The molecule has 7 rings (SSSR count). The molecule has 11 heteroatoms. The number of halogens is 1. The molecule has 4 atom stereocenters. The van der Waals surface area contributed by atoms with Gasteiger partial charge >= 0.3 is 0 Å². The lowest BCUT2D eigenvalue weighted by molar-refractivity contribution is -0.117. The molecule has 1 saturated carbocycles. The van der Waals surface area contributed by atoms with Gasteiger partial charge in [-0.1, -0.05) is 30.5 Å². The van der Waals surface area contributed by atoms with Crippen molar-refractivity contribution < 1.29 is 27.5 Å². The van der Waals surface area contributed by atoms with Gasteiger partial charge in [0.1, 0.15) is 11.5 Å². The summed E-state index contributed by atoms with van der Waals surface area (Å²) in [7, 11) is -2.21. The van der Waals surface area contributed by atoms with Gasteiger partial charge in [0.25, 0.3) is 5.91 Å².